The number of benzene rings is 2. The molecular formula is C19H20N4O3. The highest BCUT2D eigenvalue weighted by atomic mass is 16.5. The average molecular weight is 352 g/mol. The third-order valence-corrected chi connectivity index (χ3v) is 4.00. The van der Waals surface area contributed by atoms with Gasteiger partial charge in [0.2, 0.25) is 0 Å². The standard InChI is InChI=1S/C19H20N4O3/c1-12-5-4-6-13(9-12)23-17(11-16(22-23)19(24)21-20)15-8-7-14(25-2)10-18(15)26-3/h4-11H,20H2,1-3H3,(H,21,24). The molecule has 1 amide bonds. The highest BCUT2D eigenvalue weighted by molar-refractivity contribution is 5.93. The van der Waals surface area contributed by atoms with Crippen molar-refractivity contribution in [1.82, 2.24) is 15.2 Å². The first-order chi connectivity index (χ1) is 12.6. The highest BCUT2D eigenvalue weighted by Gasteiger charge is 2.19. The summed E-state index contributed by atoms with van der Waals surface area (Å²) in [5.41, 5.74) is 5.71. The van der Waals surface area contributed by atoms with Gasteiger partial charge in [-0.2, -0.15) is 5.10 Å². The van der Waals surface area contributed by atoms with Crippen LogP contribution in [0.1, 0.15) is 16.1 Å². The number of hydrogen-bond donors (Lipinski definition) is 2. The molecule has 7 nitrogen and oxygen atoms in total. The number of nitrogens with two attached hydrogens (primary N) is 1. The van der Waals surface area contributed by atoms with Crippen LogP contribution < -0.4 is 20.7 Å². The number of hydrazine groups is 1. The van der Waals surface area contributed by atoms with Crippen LogP contribution in [0, 0.1) is 6.92 Å². The summed E-state index contributed by atoms with van der Waals surface area (Å²) in [4.78, 5) is 12.0. The van der Waals surface area contributed by atoms with E-state index in [1.165, 1.54) is 0 Å². The summed E-state index contributed by atoms with van der Waals surface area (Å²) in [6.07, 6.45) is 0. The van der Waals surface area contributed by atoms with Gasteiger partial charge in [-0.1, -0.05) is 12.1 Å². The van der Waals surface area contributed by atoms with Crippen molar-refractivity contribution in [2.24, 2.45) is 5.84 Å². The van der Waals surface area contributed by atoms with Crippen LogP contribution in [0.2, 0.25) is 0 Å². The van der Waals surface area contributed by atoms with Gasteiger partial charge >= 0.3 is 0 Å². The van der Waals surface area contributed by atoms with Crippen molar-refractivity contribution in [2.75, 3.05) is 14.2 Å². The number of ether oxygens (including phenoxy) is 2. The number of carbonyl (C=O) groups excluding carboxylic acids is 1. The minimum atomic E-state index is -0.467. The molecular weight excluding hydrogens is 332 g/mol. The normalized spacial score (nSPS) is 10.5. The van der Waals surface area contributed by atoms with Crippen LogP contribution in [0.5, 0.6) is 11.5 Å². The Morgan fingerprint density at radius 2 is 1.92 bits per heavy atom. The Hall–Kier alpha value is -3.32. The van der Waals surface area contributed by atoms with Crippen LogP contribution in [-0.4, -0.2) is 29.9 Å². The molecule has 1 aromatic heterocycles. The molecule has 1 heterocycles. The molecule has 3 N–H and O–H groups in total. The summed E-state index contributed by atoms with van der Waals surface area (Å²) >= 11 is 0. The van der Waals surface area contributed by atoms with E-state index in [1.807, 2.05) is 43.3 Å². The topological polar surface area (TPSA) is 91.4 Å². The second-order valence-corrected chi connectivity index (χ2v) is 5.71. The maximum atomic E-state index is 12.0. The van der Waals surface area contributed by atoms with Crippen LogP contribution in [-0.2, 0) is 0 Å². The molecule has 0 aliphatic rings. The first kappa shape index (κ1) is 17.5. The second kappa shape index (κ2) is 7.28. The van der Waals surface area contributed by atoms with E-state index in [-0.39, 0.29) is 5.69 Å². The van der Waals surface area contributed by atoms with Gasteiger partial charge in [-0.25, -0.2) is 10.5 Å². The second-order valence-electron chi connectivity index (χ2n) is 5.71. The van der Waals surface area contributed by atoms with Gasteiger partial charge < -0.3 is 9.47 Å². The summed E-state index contributed by atoms with van der Waals surface area (Å²) in [5, 5.41) is 4.42. The summed E-state index contributed by atoms with van der Waals surface area (Å²) in [6, 6.07) is 15.0. The molecule has 0 spiro atoms. The molecule has 0 aliphatic heterocycles. The van der Waals surface area contributed by atoms with Crippen LogP contribution in [0.25, 0.3) is 16.9 Å². The van der Waals surface area contributed by atoms with E-state index < -0.39 is 5.91 Å². The number of nitrogens with zero attached hydrogens (tertiary/aromatic N) is 2. The quantitative estimate of drug-likeness (QED) is 0.418. The maximum Gasteiger partial charge on any atom is 0.285 e. The largest absolute Gasteiger partial charge is 0.497 e. The van der Waals surface area contributed by atoms with Crippen molar-refractivity contribution in [3.05, 3.63) is 59.8 Å². The molecule has 0 radical (unpaired) electrons. The van der Waals surface area contributed by atoms with Gasteiger partial charge in [0.15, 0.2) is 5.69 Å². The molecule has 0 bridgehead atoms. The third kappa shape index (κ3) is 3.25. The number of methoxy groups -OCH3 is 2. The fourth-order valence-corrected chi connectivity index (χ4v) is 2.72. The number of rotatable bonds is 5. The van der Waals surface area contributed by atoms with Crippen molar-refractivity contribution >= 4 is 5.91 Å². The minimum Gasteiger partial charge on any atom is -0.497 e. The Labute approximate surface area is 151 Å². The Balaban J connectivity index is 2.23. The highest BCUT2D eigenvalue weighted by Crippen LogP contribution is 2.35. The lowest BCUT2D eigenvalue weighted by Crippen LogP contribution is -2.30. The van der Waals surface area contributed by atoms with Crippen LogP contribution in [0.4, 0.5) is 0 Å². The van der Waals surface area contributed by atoms with Gasteiger partial charge in [0, 0.05) is 11.6 Å². The number of nitrogen functional groups attached to an aromatic ring is 1. The maximum absolute atomic E-state index is 12.0. The minimum absolute atomic E-state index is 0.210. The molecule has 0 saturated heterocycles. The van der Waals surface area contributed by atoms with Crippen molar-refractivity contribution in [1.29, 1.82) is 0 Å². The lowest BCUT2D eigenvalue weighted by molar-refractivity contribution is 0.0948. The van der Waals surface area contributed by atoms with E-state index in [9.17, 15) is 4.79 Å². The third-order valence-electron chi connectivity index (χ3n) is 4.00. The number of carbonyl (C=O) groups is 1. The zero-order valence-corrected chi connectivity index (χ0v) is 14.8. The summed E-state index contributed by atoms with van der Waals surface area (Å²) in [5.74, 6) is 6.08. The number of hydrogen-bond acceptors (Lipinski definition) is 5. The van der Waals surface area contributed by atoms with Crippen LogP contribution in [0.3, 0.4) is 0 Å². The fraction of sp³-hybridized carbons (Fsp3) is 0.158. The van der Waals surface area contributed by atoms with Gasteiger partial charge in [0.25, 0.3) is 5.91 Å². The first-order valence-electron chi connectivity index (χ1n) is 7.98. The molecule has 134 valence electrons. The van der Waals surface area contributed by atoms with E-state index in [2.05, 4.69) is 10.5 Å². The van der Waals surface area contributed by atoms with E-state index in [1.54, 1.807) is 31.0 Å². The van der Waals surface area contributed by atoms with Gasteiger partial charge in [0.1, 0.15) is 11.5 Å². The molecule has 0 aliphatic carbocycles. The molecule has 26 heavy (non-hydrogen) atoms. The van der Waals surface area contributed by atoms with Gasteiger partial charge in [-0.15, -0.1) is 0 Å². The molecule has 0 fully saturated rings. The number of nitrogens with one attached hydrogen (secondary N) is 1. The monoisotopic (exact) mass is 352 g/mol. The predicted octanol–water partition coefficient (Wildman–Crippen LogP) is 2.47. The Morgan fingerprint density at radius 1 is 1.12 bits per heavy atom. The van der Waals surface area contributed by atoms with E-state index >= 15 is 0 Å². The molecule has 2 aromatic carbocycles. The zero-order valence-electron chi connectivity index (χ0n) is 14.8. The Morgan fingerprint density at radius 3 is 2.58 bits per heavy atom. The number of aryl methyl sites for hydroxylation is 1. The number of aromatic nitrogens is 2. The number of amides is 1. The average Bonchev–Trinajstić information content (AvgIpc) is 3.12. The summed E-state index contributed by atoms with van der Waals surface area (Å²) < 4.78 is 12.5. The summed E-state index contributed by atoms with van der Waals surface area (Å²) in [7, 11) is 3.17. The Bertz CT molecular complexity index is 950. The molecule has 7 heteroatoms. The van der Waals surface area contributed by atoms with Crippen LogP contribution >= 0.6 is 0 Å². The Kier molecular flexibility index (Phi) is 4.90. The smallest absolute Gasteiger partial charge is 0.285 e. The lowest BCUT2D eigenvalue weighted by Gasteiger charge is -2.12. The first-order valence-corrected chi connectivity index (χ1v) is 7.98. The van der Waals surface area contributed by atoms with Crippen molar-refractivity contribution in [3.8, 4) is 28.4 Å². The molecule has 0 atom stereocenters. The van der Waals surface area contributed by atoms with Crippen molar-refractivity contribution in [3.63, 3.8) is 0 Å². The fourth-order valence-electron chi connectivity index (χ4n) is 2.72. The summed E-state index contributed by atoms with van der Waals surface area (Å²) in [6.45, 7) is 1.99. The van der Waals surface area contributed by atoms with Gasteiger partial charge in [-0.3, -0.25) is 10.2 Å². The van der Waals surface area contributed by atoms with E-state index in [0.717, 1.165) is 16.8 Å². The van der Waals surface area contributed by atoms with E-state index in [4.69, 9.17) is 15.3 Å². The zero-order chi connectivity index (χ0) is 18.7. The van der Waals surface area contributed by atoms with Gasteiger partial charge in [-0.05, 0) is 42.8 Å². The molecule has 3 rings (SSSR count). The molecule has 0 unspecified atom stereocenters. The van der Waals surface area contributed by atoms with Crippen LogP contribution in [0.15, 0.2) is 48.5 Å². The molecule has 3 aromatic rings. The van der Waals surface area contributed by atoms with Crippen molar-refractivity contribution < 1.29 is 14.3 Å². The predicted molar refractivity (Wildman–Crippen MR) is 98.5 cm³/mol. The van der Waals surface area contributed by atoms with Gasteiger partial charge in [0.05, 0.1) is 25.6 Å². The SMILES string of the molecule is COc1ccc(-c2cc(C(=O)NN)nn2-c2cccc(C)c2)c(OC)c1. The van der Waals surface area contributed by atoms with Crippen molar-refractivity contribution in [2.45, 2.75) is 6.92 Å². The van der Waals surface area contributed by atoms with E-state index in [0.29, 0.717) is 17.2 Å². The lowest BCUT2D eigenvalue weighted by atomic mass is 10.1. The molecule has 0 saturated carbocycles.